The number of hydrogen-bond acceptors (Lipinski definition) is 3. The molecule has 0 fully saturated rings. The number of ether oxygens (including phenoxy) is 1. The minimum absolute atomic E-state index is 0. The second-order valence-electron chi connectivity index (χ2n) is 3.67. The standard InChI is InChI=1S/C13H19N3O2.BrH/c1-2-8-15-13(14)16-9-11(17)10-18-12-6-4-3-5-7-12;/h2-7,11,17H,1,8-10H2,(H3,14,15,16);1H. The summed E-state index contributed by atoms with van der Waals surface area (Å²) in [5.41, 5.74) is 5.55. The molecule has 0 saturated carbocycles. The van der Waals surface area contributed by atoms with Gasteiger partial charge in [-0.05, 0) is 12.1 Å². The lowest BCUT2D eigenvalue weighted by Crippen LogP contribution is -2.33. The van der Waals surface area contributed by atoms with E-state index in [-0.39, 0.29) is 36.1 Å². The first-order valence-electron chi connectivity index (χ1n) is 5.73. The third kappa shape index (κ3) is 8.23. The molecule has 4 N–H and O–H groups in total. The number of nitrogens with two attached hydrogens (primary N) is 1. The van der Waals surface area contributed by atoms with Crippen molar-refractivity contribution in [1.29, 1.82) is 0 Å². The molecule has 1 rings (SSSR count). The molecule has 0 bridgehead atoms. The SMILES string of the molecule is Br.C=CCNC(N)=NCC(O)COc1ccccc1. The molecule has 19 heavy (non-hydrogen) atoms. The number of benzene rings is 1. The van der Waals surface area contributed by atoms with Gasteiger partial charge in [0.25, 0.3) is 0 Å². The van der Waals surface area contributed by atoms with Gasteiger partial charge in [-0.2, -0.15) is 0 Å². The highest BCUT2D eigenvalue weighted by atomic mass is 79.9. The van der Waals surface area contributed by atoms with Crippen molar-refractivity contribution in [3.63, 3.8) is 0 Å². The fourth-order valence-electron chi connectivity index (χ4n) is 1.20. The number of hydrogen-bond donors (Lipinski definition) is 3. The van der Waals surface area contributed by atoms with E-state index in [0.29, 0.717) is 6.54 Å². The first kappa shape index (κ1) is 17.5. The number of aliphatic hydroxyl groups excluding tert-OH is 1. The summed E-state index contributed by atoms with van der Waals surface area (Å²) < 4.78 is 5.38. The van der Waals surface area contributed by atoms with E-state index in [4.69, 9.17) is 10.5 Å². The van der Waals surface area contributed by atoms with Crippen LogP contribution in [-0.2, 0) is 0 Å². The molecule has 0 saturated heterocycles. The summed E-state index contributed by atoms with van der Waals surface area (Å²) in [6, 6.07) is 9.31. The minimum Gasteiger partial charge on any atom is -0.491 e. The summed E-state index contributed by atoms with van der Waals surface area (Å²) in [4.78, 5) is 3.98. The van der Waals surface area contributed by atoms with Gasteiger partial charge in [0.05, 0.1) is 6.54 Å². The van der Waals surface area contributed by atoms with Crippen molar-refractivity contribution in [2.24, 2.45) is 10.7 Å². The normalized spacial score (nSPS) is 12.2. The Balaban J connectivity index is 0.00000324. The molecule has 0 amide bonds. The Hall–Kier alpha value is -1.53. The predicted molar refractivity (Wildman–Crippen MR) is 83.0 cm³/mol. The Kier molecular flexibility index (Phi) is 9.56. The van der Waals surface area contributed by atoms with Crippen molar-refractivity contribution >= 4 is 22.9 Å². The van der Waals surface area contributed by atoms with Crippen LogP contribution < -0.4 is 15.8 Å². The van der Waals surface area contributed by atoms with Crippen molar-refractivity contribution < 1.29 is 9.84 Å². The van der Waals surface area contributed by atoms with Crippen LogP contribution in [0.3, 0.4) is 0 Å². The number of aliphatic imine (C=N–C) groups is 1. The lowest BCUT2D eigenvalue weighted by Gasteiger charge is -2.10. The highest BCUT2D eigenvalue weighted by molar-refractivity contribution is 8.93. The second kappa shape index (κ2) is 10.4. The Morgan fingerprint density at radius 3 is 2.79 bits per heavy atom. The maximum absolute atomic E-state index is 9.65. The fraction of sp³-hybridized carbons (Fsp3) is 0.308. The van der Waals surface area contributed by atoms with Crippen LogP contribution in [0.2, 0.25) is 0 Å². The maximum Gasteiger partial charge on any atom is 0.188 e. The Labute approximate surface area is 124 Å². The molecule has 1 atom stereocenters. The topological polar surface area (TPSA) is 79.9 Å². The molecule has 6 heteroatoms. The summed E-state index contributed by atoms with van der Waals surface area (Å²) in [5.74, 6) is 1.01. The summed E-state index contributed by atoms with van der Waals surface area (Å²) in [5, 5.41) is 12.5. The molecule has 0 aliphatic rings. The van der Waals surface area contributed by atoms with E-state index < -0.39 is 6.10 Å². The van der Waals surface area contributed by atoms with Gasteiger partial charge in [0, 0.05) is 6.54 Å². The Morgan fingerprint density at radius 2 is 2.16 bits per heavy atom. The van der Waals surface area contributed by atoms with E-state index in [9.17, 15) is 5.11 Å². The molecule has 106 valence electrons. The minimum atomic E-state index is -0.686. The number of para-hydroxylation sites is 1. The van der Waals surface area contributed by atoms with Gasteiger partial charge in [0.2, 0.25) is 0 Å². The van der Waals surface area contributed by atoms with Gasteiger partial charge in [-0.1, -0.05) is 24.3 Å². The van der Waals surface area contributed by atoms with Crippen molar-refractivity contribution in [3.05, 3.63) is 43.0 Å². The van der Waals surface area contributed by atoms with Gasteiger partial charge >= 0.3 is 0 Å². The molecule has 1 aromatic rings. The number of nitrogens with one attached hydrogen (secondary N) is 1. The van der Waals surface area contributed by atoms with Crippen molar-refractivity contribution in [3.8, 4) is 5.75 Å². The lowest BCUT2D eigenvalue weighted by molar-refractivity contribution is 0.114. The van der Waals surface area contributed by atoms with E-state index in [1.807, 2.05) is 30.3 Å². The molecule has 0 aliphatic carbocycles. The third-order valence-corrected chi connectivity index (χ3v) is 2.09. The molecule has 0 heterocycles. The maximum atomic E-state index is 9.65. The molecular weight excluding hydrogens is 310 g/mol. The number of halogens is 1. The smallest absolute Gasteiger partial charge is 0.188 e. The number of guanidine groups is 1. The molecular formula is C13H20BrN3O2. The number of rotatable bonds is 7. The van der Waals surface area contributed by atoms with E-state index in [0.717, 1.165) is 5.75 Å². The highest BCUT2D eigenvalue weighted by Gasteiger charge is 2.04. The summed E-state index contributed by atoms with van der Waals surface area (Å²) in [7, 11) is 0. The summed E-state index contributed by atoms with van der Waals surface area (Å²) in [6.07, 6.45) is 0.992. The second-order valence-corrected chi connectivity index (χ2v) is 3.67. The van der Waals surface area contributed by atoms with Gasteiger partial charge < -0.3 is 20.9 Å². The van der Waals surface area contributed by atoms with Crippen LogP contribution in [0.1, 0.15) is 0 Å². The first-order chi connectivity index (χ1) is 8.72. The van der Waals surface area contributed by atoms with Crippen LogP contribution in [0.5, 0.6) is 5.75 Å². The van der Waals surface area contributed by atoms with E-state index >= 15 is 0 Å². The van der Waals surface area contributed by atoms with Crippen LogP contribution in [0.25, 0.3) is 0 Å². The molecule has 0 radical (unpaired) electrons. The van der Waals surface area contributed by atoms with Gasteiger partial charge in [-0.15, -0.1) is 23.6 Å². The van der Waals surface area contributed by atoms with Crippen LogP contribution >= 0.6 is 17.0 Å². The lowest BCUT2D eigenvalue weighted by atomic mass is 10.3. The van der Waals surface area contributed by atoms with Gasteiger partial charge in [0.1, 0.15) is 18.5 Å². The van der Waals surface area contributed by atoms with Crippen LogP contribution in [0, 0.1) is 0 Å². The van der Waals surface area contributed by atoms with Gasteiger partial charge in [-0.25, -0.2) is 0 Å². The van der Waals surface area contributed by atoms with Crippen LogP contribution in [-0.4, -0.2) is 36.9 Å². The quantitative estimate of drug-likeness (QED) is 0.397. The molecule has 0 aromatic heterocycles. The van der Waals surface area contributed by atoms with E-state index in [1.54, 1.807) is 6.08 Å². The third-order valence-electron chi connectivity index (χ3n) is 2.09. The molecule has 1 aromatic carbocycles. The average molecular weight is 330 g/mol. The first-order valence-corrected chi connectivity index (χ1v) is 5.73. The summed E-state index contributed by atoms with van der Waals surface area (Å²) >= 11 is 0. The van der Waals surface area contributed by atoms with Crippen molar-refractivity contribution in [1.82, 2.24) is 5.32 Å². The van der Waals surface area contributed by atoms with Crippen LogP contribution in [0.15, 0.2) is 48.0 Å². The Morgan fingerprint density at radius 1 is 1.47 bits per heavy atom. The zero-order valence-corrected chi connectivity index (χ0v) is 12.4. The van der Waals surface area contributed by atoms with Crippen LogP contribution in [0.4, 0.5) is 0 Å². The van der Waals surface area contributed by atoms with Gasteiger partial charge in [0.15, 0.2) is 5.96 Å². The zero-order chi connectivity index (χ0) is 13.2. The molecule has 0 spiro atoms. The molecule has 5 nitrogen and oxygen atoms in total. The van der Waals surface area contributed by atoms with Crippen molar-refractivity contribution in [2.45, 2.75) is 6.10 Å². The van der Waals surface area contributed by atoms with E-state index in [1.165, 1.54) is 0 Å². The highest BCUT2D eigenvalue weighted by Crippen LogP contribution is 2.08. The fourth-order valence-corrected chi connectivity index (χ4v) is 1.20. The average Bonchev–Trinajstić information content (AvgIpc) is 2.41. The molecule has 1 unspecified atom stereocenters. The predicted octanol–water partition coefficient (Wildman–Crippen LogP) is 1.09. The van der Waals surface area contributed by atoms with Gasteiger partial charge in [-0.3, -0.25) is 4.99 Å². The van der Waals surface area contributed by atoms with E-state index in [2.05, 4.69) is 16.9 Å². The molecule has 0 aliphatic heterocycles. The monoisotopic (exact) mass is 329 g/mol. The summed E-state index contributed by atoms with van der Waals surface area (Å²) in [6.45, 7) is 4.48. The van der Waals surface area contributed by atoms with Crippen molar-refractivity contribution in [2.75, 3.05) is 19.7 Å². The zero-order valence-electron chi connectivity index (χ0n) is 10.7. The number of nitrogens with zero attached hydrogens (tertiary/aromatic N) is 1. The Bertz CT molecular complexity index is 385. The number of aliphatic hydroxyl groups is 1. The largest absolute Gasteiger partial charge is 0.491 e.